The maximum Gasteiger partial charge on any atom is 0.273 e. The SMILES string of the molecule is CCC(C)C(c1ccccc1)c1nnc(S(N)(=O)=O)n1C. The van der Waals surface area contributed by atoms with Crippen LogP contribution in [0.15, 0.2) is 35.5 Å². The van der Waals surface area contributed by atoms with Crippen LogP contribution < -0.4 is 5.14 Å². The lowest BCUT2D eigenvalue weighted by Gasteiger charge is -2.22. The van der Waals surface area contributed by atoms with Gasteiger partial charge in [0.1, 0.15) is 5.82 Å². The maximum absolute atomic E-state index is 11.5. The number of rotatable bonds is 5. The van der Waals surface area contributed by atoms with E-state index in [9.17, 15) is 8.42 Å². The van der Waals surface area contributed by atoms with E-state index in [2.05, 4.69) is 24.0 Å². The molecule has 6 nitrogen and oxygen atoms in total. The van der Waals surface area contributed by atoms with Crippen molar-refractivity contribution < 1.29 is 8.42 Å². The third kappa shape index (κ3) is 3.14. The van der Waals surface area contributed by atoms with Gasteiger partial charge in [-0.15, -0.1) is 10.2 Å². The van der Waals surface area contributed by atoms with Gasteiger partial charge in [0.25, 0.3) is 15.2 Å². The van der Waals surface area contributed by atoms with Crippen LogP contribution in [0.25, 0.3) is 0 Å². The average molecular weight is 308 g/mol. The van der Waals surface area contributed by atoms with Gasteiger partial charge in [-0.25, -0.2) is 13.6 Å². The first-order valence-electron chi connectivity index (χ1n) is 6.83. The Balaban J connectivity index is 2.56. The molecule has 0 aliphatic carbocycles. The Hall–Kier alpha value is -1.73. The molecule has 0 aliphatic rings. The summed E-state index contributed by atoms with van der Waals surface area (Å²) in [6.45, 7) is 4.21. The van der Waals surface area contributed by atoms with Gasteiger partial charge in [0.15, 0.2) is 0 Å². The molecule has 0 amide bonds. The highest BCUT2D eigenvalue weighted by molar-refractivity contribution is 7.89. The zero-order valence-corrected chi connectivity index (χ0v) is 13.2. The highest BCUT2D eigenvalue weighted by Gasteiger charge is 2.28. The Kier molecular flexibility index (Phi) is 4.43. The van der Waals surface area contributed by atoms with Crippen LogP contribution >= 0.6 is 0 Å². The maximum atomic E-state index is 11.5. The summed E-state index contributed by atoms with van der Waals surface area (Å²) in [7, 11) is -2.24. The molecule has 2 N–H and O–H groups in total. The van der Waals surface area contributed by atoms with Crippen LogP contribution in [-0.4, -0.2) is 23.2 Å². The van der Waals surface area contributed by atoms with Crippen LogP contribution in [-0.2, 0) is 17.1 Å². The zero-order valence-electron chi connectivity index (χ0n) is 12.4. The molecule has 0 fully saturated rings. The van der Waals surface area contributed by atoms with Gasteiger partial charge in [0.2, 0.25) is 0 Å². The predicted molar refractivity (Wildman–Crippen MR) is 80.1 cm³/mol. The van der Waals surface area contributed by atoms with Crippen molar-refractivity contribution >= 4 is 10.0 Å². The Bertz CT molecular complexity index is 710. The summed E-state index contributed by atoms with van der Waals surface area (Å²) in [5, 5.41) is 12.8. The van der Waals surface area contributed by atoms with E-state index in [-0.39, 0.29) is 11.1 Å². The Labute approximate surface area is 125 Å². The number of hydrogen-bond donors (Lipinski definition) is 1. The fourth-order valence-electron chi connectivity index (χ4n) is 2.47. The highest BCUT2D eigenvalue weighted by Crippen LogP contribution is 2.32. The second-order valence-corrected chi connectivity index (χ2v) is 6.67. The van der Waals surface area contributed by atoms with Crippen molar-refractivity contribution in [2.75, 3.05) is 0 Å². The zero-order chi connectivity index (χ0) is 15.6. The van der Waals surface area contributed by atoms with E-state index >= 15 is 0 Å². The van der Waals surface area contributed by atoms with Crippen molar-refractivity contribution in [3.05, 3.63) is 41.7 Å². The van der Waals surface area contributed by atoms with Crippen LogP contribution in [0.5, 0.6) is 0 Å². The van der Waals surface area contributed by atoms with Crippen molar-refractivity contribution in [1.29, 1.82) is 0 Å². The van der Waals surface area contributed by atoms with E-state index in [1.165, 1.54) is 4.57 Å². The molecule has 2 aromatic rings. The van der Waals surface area contributed by atoms with Crippen LogP contribution in [0.4, 0.5) is 0 Å². The van der Waals surface area contributed by atoms with E-state index in [1.807, 2.05) is 30.3 Å². The Morgan fingerprint density at radius 3 is 2.33 bits per heavy atom. The molecule has 0 saturated heterocycles. The van der Waals surface area contributed by atoms with Gasteiger partial charge in [0.05, 0.1) is 0 Å². The van der Waals surface area contributed by atoms with Gasteiger partial charge in [-0.05, 0) is 11.5 Å². The molecule has 2 atom stereocenters. The van der Waals surface area contributed by atoms with E-state index < -0.39 is 10.0 Å². The summed E-state index contributed by atoms with van der Waals surface area (Å²) in [6, 6.07) is 9.90. The van der Waals surface area contributed by atoms with Crippen LogP contribution in [0.2, 0.25) is 0 Å². The quantitative estimate of drug-likeness (QED) is 0.909. The topological polar surface area (TPSA) is 90.9 Å². The minimum absolute atomic E-state index is 0.0239. The minimum Gasteiger partial charge on any atom is -0.303 e. The van der Waals surface area contributed by atoms with Crippen molar-refractivity contribution in [3.8, 4) is 0 Å². The molecule has 0 bridgehead atoms. The van der Waals surface area contributed by atoms with E-state index in [1.54, 1.807) is 7.05 Å². The largest absolute Gasteiger partial charge is 0.303 e. The van der Waals surface area contributed by atoms with Gasteiger partial charge in [-0.2, -0.15) is 0 Å². The Morgan fingerprint density at radius 1 is 1.24 bits per heavy atom. The first kappa shape index (κ1) is 15.7. The third-order valence-electron chi connectivity index (χ3n) is 3.77. The molecule has 1 aromatic carbocycles. The third-order valence-corrected chi connectivity index (χ3v) is 4.64. The molecule has 114 valence electrons. The Morgan fingerprint density at radius 2 is 1.86 bits per heavy atom. The van der Waals surface area contributed by atoms with Crippen LogP contribution in [0.3, 0.4) is 0 Å². The van der Waals surface area contributed by atoms with Crippen molar-refractivity contribution in [3.63, 3.8) is 0 Å². The number of hydrogen-bond acceptors (Lipinski definition) is 4. The summed E-state index contributed by atoms with van der Waals surface area (Å²) >= 11 is 0. The van der Waals surface area contributed by atoms with E-state index in [0.717, 1.165) is 12.0 Å². The van der Waals surface area contributed by atoms with Crippen LogP contribution in [0.1, 0.15) is 37.6 Å². The smallest absolute Gasteiger partial charge is 0.273 e. The van der Waals surface area contributed by atoms with Crippen molar-refractivity contribution in [1.82, 2.24) is 14.8 Å². The monoisotopic (exact) mass is 308 g/mol. The first-order chi connectivity index (χ1) is 9.86. The normalized spacial score (nSPS) is 14.9. The van der Waals surface area contributed by atoms with Crippen molar-refractivity contribution in [2.24, 2.45) is 18.1 Å². The van der Waals surface area contributed by atoms with E-state index in [0.29, 0.717) is 11.7 Å². The summed E-state index contributed by atoms with van der Waals surface area (Å²) < 4.78 is 24.5. The summed E-state index contributed by atoms with van der Waals surface area (Å²) in [4.78, 5) is 0. The van der Waals surface area contributed by atoms with Gasteiger partial charge in [0, 0.05) is 13.0 Å². The summed E-state index contributed by atoms with van der Waals surface area (Å²) in [5.41, 5.74) is 1.09. The molecule has 1 heterocycles. The molecule has 0 aliphatic heterocycles. The van der Waals surface area contributed by atoms with Crippen molar-refractivity contribution in [2.45, 2.75) is 31.3 Å². The fourth-order valence-corrected chi connectivity index (χ4v) is 3.10. The molecular formula is C14H20N4O2S. The van der Waals surface area contributed by atoms with Gasteiger partial charge in [-0.3, -0.25) is 0 Å². The average Bonchev–Trinajstić information content (AvgIpc) is 2.82. The molecule has 0 saturated carbocycles. The molecule has 2 rings (SSSR count). The van der Waals surface area contributed by atoms with Gasteiger partial charge < -0.3 is 4.57 Å². The molecular weight excluding hydrogens is 288 g/mol. The molecule has 1 aromatic heterocycles. The molecule has 21 heavy (non-hydrogen) atoms. The number of benzene rings is 1. The number of sulfonamides is 1. The molecule has 0 radical (unpaired) electrons. The lowest BCUT2D eigenvalue weighted by molar-refractivity contribution is 0.464. The molecule has 2 unspecified atom stereocenters. The van der Waals surface area contributed by atoms with E-state index in [4.69, 9.17) is 5.14 Å². The number of aromatic nitrogens is 3. The first-order valence-corrected chi connectivity index (χ1v) is 8.38. The lowest BCUT2D eigenvalue weighted by atomic mass is 9.85. The molecule has 7 heteroatoms. The van der Waals surface area contributed by atoms with Crippen LogP contribution in [0, 0.1) is 5.92 Å². The predicted octanol–water partition coefficient (Wildman–Crippen LogP) is 1.64. The van der Waals surface area contributed by atoms with Gasteiger partial charge in [-0.1, -0.05) is 50.6 Å². The highest BCUT2D eigenvalue weighted by atomic mass is 32.2. The number of nitrogens with two attached hydrogens (primary N) is 1. The summed E-state index contributed by atoms with van der Waals surface area (Å²) in [6.07, 6.45) is 0.942. The number of primary sulfonamides is 1. The second-order valence-electron chi connectivity index (χ2n) is 5.22. The fraction of sp³-hybridized carbons (Fsp3) is 0.429. The lowest BCUT2D eigenvalue weighted by Crippen LogP contribution is -2.20. The summed E-state index contributed by atoms with van der Waals surface area (Å²) in [5.74, 6) is 0.882. The second kappa shape index (κ2) is 5.95. The standard InChI is InChI=1S/C14H20N4O2S/c1-4-10(2)12(11-8-6-5-7-9-11)13-16-17-14(18(13)3)21(15,19)20/h5-10,12H,4H2,1-3H3,(H2,15,19,20). The minimum atomic E-state index is -3.87. The molecule has 0 spiro atoms. The van der Waals surface area contributed by atoms with Gasteiger partial charge >= 0.3 is 0 Å². The number of nitrogens with zero attached hydrogens (tertiary/aromatic N) is 3.